The number of halogens is 3. The first-order valence-corrected chi connectivity index (χ1v) is 21.7. The second kappa shape index (κ2) is 14.6. The maximum absolute atomic E-state index is 15.5. The fraction of sp³-hybridized carbons (Fsp3) is 0.732. The van der Waals surface area contributed by atoms with E-state index in [1.807, 2.05) is 0 Å². The van der Waals surface area contributed by atoms with Crippen molar-refractivity contribution in [1.29, 1.82) is 0 Å². The molecule has 0 radical (unpaired) electrons. The Morgan fingerprint density at radius 3 is 2.60 bits per heavy atom. The molecule has 0 spiro atoms. The Balaban J connectivity index is 0.979. The predicted octanol–water partition coefficient (Wildman–Crippen LogP) is 2.83. The number of likely N-dealkylation sites (tertiary alicyclic amines) is 1. The number of hydrogen-bond acceptors (Lipinski definition) is 12. The molecule has 8 aliphatic rings. The van der Waals surface area contributed by atoms with Gasteiger partial charge in [-0.05, 0) is 83.4 Å². The summed E-state index contributed by atoms with van der Waals surface area (Å²) in [5, 5.41) is 17.4. The third-order valence-corrected chi connectivity index (χ3v) is 14.7. The Bertz CT molecular complexity index is 1960. The Kier molecular flexibility index (Phi) is 9.43. The van der Waals surface area contributed by atoms with Gasteiger partial charge in [0.25, 0.3) is 0 Å². The molecule has 7 saturated heterocycles. The van der Waals surface area contributed by atoms with Crippen molar-refractivity contribution >= 4 is 22.8 Å². The number of aromatic nitrogens is 4. The summed E-state index contributed by atoms with van der Waals surface area (Å²) in [7, 11) is 2.16. The highest BCUT2D eigenvalue weighted by Crippen LogP contribution is 2.42. The average molecular weight is 791 g/mol. The summed E-state index contributed by atoms with van der Waals surface area (Å²) in [5.74, 6) is 0.362. The van der Waals surface area contributed by atoms with Crippen molar-refractivity contribution in [3.63, 3.8) is 0 Å². The summed E-state index contributed by atoms with van der Waals surface area (Å²) >= 11 is 0. The van der Waals surface area contributed by atoms with E-state index in [0.29, 0.717) is 36.5 Å². The number of nitrogens with zero attached hydrogens (tertiary/aromatic N) is 9. The van der Waals surface area contributed by atoms with Crippen molar-refractivity contribution in [1.82, 2.24) is 50.4 Å². The van der Waals surface area contributed by atoms with Gasteiger partial charge in [-0.15, -0.1) is 0 Å². The first-order valence-electron chi connectivity index (χ1n) is 21.7. The molecule has 9 heterocycles. The Morgan fingerprint density at radius 1 is 0.860 bits per heavy atom. The van der Waals surface area contributed by atoms with Crippen LogP contribution in [0, 0.1) is 17.6 Å². The van der Waals surface area contributed by atoms with Gasteiger partial charge in [-0.3, -0.25) is 25.8 Å². The van der Waals surface area contributed by atoms with Crippen LogP contribution in [0.3, 0.4) is 0 Å². The molecule has 57 heavy (non-hydrogen) atoms. The lowest BCUT2D eigenvalue weighted by Crippen LogP contribution is -2.68. The molecule has 13 nitrogen and oxygen atoms in total. The SMILES string of the molecule is CC1NC2CC(F)CC3C4CCCC(N4)N[C@H]4C[C@@H](CN5CCCO[C@H](C5)CN1C23)N(c1nc(N2C3CC2CN(C)C3)nc2c1cnn2-c1ccc(F)cc1F)C4. The standard InChI is InChI=1S/C41H57F3N12O/c1-23-46-35-13-25(43)11-31-34-5-3-6-37(48-34)47-26-14-27(20-52-9-4-10-57-30(21-52)22-53(23)38(31)35)54(17-26)39-32-16-45-56(36-8-7-24(42)12-33(36)44)40(32)50-41(49-39)55-28-15-29(55)19-51(2)18-28/h7-8,12,16,23,25-31,34-35,37-38,46-48H,3-6,9-11,13-15,17-22H2,1-2H3/t23?,25?,26-,27-,28?,29?,30+,31?,34?,35?,37?,38?/m0/s1. The van der Waals surface area contributed by atoms with Crippen LogP contribution in [0.4, 0.5) is 24.9 Å². The van der Waals surface area contributed by atoms with E-state index in [1.165, 1.54) is 16.8 Å². The summed E-state index contributed by atoms with van der Waals surface area (Å²) in [6, 6.07) is 5.20. The van der Waals surface area contributed by atoms with Crippen LogP contribution in [0.1, 0.15) is 58.3 Å². The molecule has 3 aromatic rings. The molecule has 8 fully saturated rings. The van der Waals surface area contributed by atoms with Crippen molar-refractivity contribution in [3.8, 4) is 5.69 Å². The van der Waals surface area contributed by atoms with Crippen LogP contribution in [-0.4, -0.2) is 161 Å². The molecule has 1 aliphatic carbocycles. The largest absolute Gasteiger partial charge is 0.375 e. The molecule has 11 rings (SSSR count). The smallest absolute Gasteiger partial charge is 0.230 e. The lowest BCUT2D eigenvalue weighted by molar-refractivity contribution is -0.00972. The molecule has 8 bridgehead atoms. The van der Waals surface area contributed by atoms with E-state index >= 15 is 8.78 Å². The summed E-state index contributed by atoms with van der Waals surface area (Å²) < 4.78 is 53.2. The van der Waals surface area contributed by atoms with Crippen LogP contribution >= 0.6 is 0 Å². The Morgan fingerprint density at radius 2 is 1.74 bits per heavy atom. The zero-order valence-electron chi connectivity index (χ0n) is 33.1. The van der Waals surface area contributed by atoms with E-state index in [-0.39, 0.29) is 60.3 Å². The van der Waals surface area contributed by atoms with Crippen molar-refractivity contribution in [2.75, 3.05) is 69.3 Å². The summed E-state index contributed by atoms with van der Waals surface area (Å²) in [6.45, 7) is 9.06. The lowest BCUT2D eigenvalue weighted by atomic mass is 9.74. The van der Waals surface area contributed by atoms with Gasteiger partial charge in [-0.25, -0.2) is 17.9 Å². The molecule has 0 amide bonds. The second-order valence-electron chi connectivity index (χ2n) is 18.5. The fourth-order valence-corrected chi connectivity index (χ4v) is 12.4. The molecular formula is C41H57F3N12O. The highest BCUT2D eigenvalue weighted by molar-refractivity contribution is 5.89. The highest BCUT2D eigenvalue weighted by atomic mass is 19.1. The summed E-state index contributed by atoms with van der Waals surface area (Å²) in [5.41, 5.74) is 0.683. The van der Waals surface area contributed by atoms with Crippen LogP contribution in [0.5, 0.6) is 0 Å². The van der Waals surface area contributed by atoms with Gasteiger partial charge in [0.2, 0.25) is 5.95 Å². The third kappa shape index (κ3) is 6.61. The number of fused-ring (bicyclic) bond motifs is 10. The quantitative estimate of drug-likeness (QED) is 0.364. The maximum Gasteiger partial charge on any atom is 0.230 e. The number of anilines is 2. The molecule has 308 valence electrons. The molecule has 16 heteroatoms. The van der Waals surface area contributed by atoms with Crippen LogP contribution < -0.4 is 25.8 Å². The van der Waals surface area contributed by atoms with E-state index in [0.717, 1.165) is 108 Å². The molecule has 7 aliphatic heterocycles. The predicted molar refractivity (Wildman–Crippen MR) is 211 cm³/mol. The first-order chi connectivity index (χ1) is 27.7. The maximum atomic E-state index is 15.5. The normalized spacial score (nSPS) is 40.0. The van der Waals surface area contributed by atoms with Crippen LogP contribution in [-0.2, 0) is 4.74 Å². The summed E-state index contributed by atoms with van der Waals surface area (Å²) in [4.78, 5) is 23.0. The topological polar surface area (TPSA) is 105 Å². The van der Waals surface area contributed by atoms with Crippen molar-refractivity contribution in [3.05, 3.63) is 36.0 Å². The van der Waals surface area contributed by atoms with Crippen molar-refractivity contribution in [2.45, 2.75) is 125 Å². The Hall–Kier alpha value is -3.12. The van der Waals surface area contributed by atoms with Crippen LogP contribution in [0.2, 0.25) is 0 Å². The Labute approximate surface area is 332 Å². The molecular weight excluding hydrogens is 734 g/mol. The zero-order valence-corrected chi connectivity index (χ0v) is 33.1. The number of rotatable bonds is 3. The van der Waals surface area contributed by atoms with Gasteiger partial charge in [-0.1, -0.05) is 0 Å². The first kappa shape index (κ1) is 36.9. The van der Waals surface area contributed by atoms with Crippen molar-refractivity contribution in [2.24, 2.45) is 5.92 Å². The highest BCUT2D eigenvalue weighted by Gasteiger charge is 2.52. The van der Waals surface area contributed by atoms with E-state index in [2.05, 4.69) is 54.4 Å². The lowest BCUT2D eigenvalue weighted by Gasteiger charge is -2.55. The number of piperazine rings is 1. The van der Waals surface area contributed by atoms with E-state index in [1.54, 1.807) is 6.20 Å². The third-order valence-electron chi connectivity index (χ3n) is 14.7. The van der Waals surface area contributed by atoms with E-state index in [4.69, 9.17) is 19.8 Å². The van der Waals surface area contributed by atoms with Crippen LogP contribution in [0.15, 0.2) is 24.4 Å². The molecule has 1 aromatic carbocycles. The van der Waals surface area contributed by atoms with Gasteiger partial charge in [-0.2, -0.15) is 15.1 Å². The number of likely N-dealkylation sites (N-methyl/N-ethyl adjacent to an activating group) is 1. The number of ether oxygens (including phenoxy) is 1. The minimum absolute atomic E-state index is 0.0466. The number of nitrogens with one attached hydrogen (secondary N) is 3. The van der Waals surface area contributed by atoms with Gasteiger partial charge in [0, 0.05) is 101 Å². The monoisotopic (exact) mass is 790 g/mol. The number of benzene rings is 1. The fourth-order valence-electron chi connectivity index (χ4n) is 12.4. The second-order valence-corrected chi connectivity index (χ2v) is 18.5. The number of hydrogen-bond donors (Lipinski definition) is 3. The van der Waals surface area contributed by atoms with E-state index in [9.17, 15) is 4.39 Å². The minimum Gasteiger partial charge on any atom is -0.375 e. The molecule has 2 aromatic heterocycles. The molecule has 3 N–H and O–H groups in total. The van der Waals surface area contributed by atoms with E-state index < -0.39 is 17.8 Å². The average Bonchev–Trinajstić information content (AvgIpc) is 3.81. The van der Waals surface area contributed by atoms with Crippen molar-refractivity contribution < 1.29 is 17.9 Å². The van der Waals surface area contributed by atoms with Gasteiger partial charge in [0.05, 0.1) is 30.0 Å². The molecule has 10 unspecified atom stereocenters. The number of piperidine rings is 2. The molecule has 1 saturated carbocycles. The summed E-state index contributed by atoms with van der Waals surface area (Å²) in [6.07, 6.45) is 8.67. The van der Waals surface area contributed by atoms with Gasteiger partial charge < -0.3 is 19.4 Å². The zero-order chi connectivity index (χ0) is 38.5. The van der Waals surface area contributed by atoms with Gasteiger partial charge in [0.1, 0.15) is 23.5 Å². The minimum atomic E-state index is -0.794. The number of alkyl halides is 1. The van der Waals surface area contributed by atoms with Gasteiger partial charge >= 0.3 is 0 Å². The molecule has 13 atom stereocenters. The van der Waals surface area contributed by atoms with Gasteiger partial charge in [0.15, 0.2) is 11.5 Å². The van der Waals surface area contributed by atoms with Crippen LogP contribution in [0.25, 0.3) is 16.7 Å².